The SMILES string of the molecule is O=C(Cc1cccnn1)Nc1ccn([C@@H]2O[C@H](CO)[C@@H](O)C2(F)F)c(=O)n1. The smallest absolute Gasteiger partial charge is 0.351 e. The maximum atomic E-state index is 14.1. The Hall–Kier alpha value is -2.83. The second kappa shape index (κ2) is 7.42. The largest absolute Gasteiger partial charge is 0.394 e. The van der Waals surface area contributed by atoms with Gasteiger partial charge >= 0.3 is 11.6 Å². The summed E-state index contributed by atoms with van der Waals surface area (Å²) in [4.78, 5) is 27.5. The zero-order valence-corrected chi connectivity index (χ0v) is 13.7. The van der Waals surface area contributed by atoms with E-state index in [1.54, 1.807) is 12.1 Å². The van der Waals surface area contributed by atoms with Crippen molar-refractivity contribution in [2.45, 2.75) is 30.8 Å². The molecule has 0 aromatic carbocycles. The number of alkyl halides is 2. The van der Waals surface area contributed by atoms with Crippen LogP contribution in [-0.4, -0.2) is 60.6 Å². The minimum Gasteiger partial charge on any atom is -0.394 e. The second-order valence-electron chi connectivity index (χ2n) is 5.77. The van der Waals surface area contributed by atoms with Crippen LogP contribution in [0.1, 0.15) is 11.9 Å². The van der Waals surface area contributed by atoms with E-state index >= 15 is 0 Å². The zero-order chi connectivity index (χ0) is 19.6. The molecular formula is C15H15F2N5O5. The molecule has 0 aliphatic carbocycles. The predicted octanol–water partition coefficient (Wildman–Crippen LogP) is -0.900. The molecule has 0 radical (unpaired) electrons. The van der Waals surface area contributed by atoms with Gasteiger partial charge in [0.2, 0.25) is 12.1 Å². The van der Waals surface area contributed by atoms with Gasteiger partial charge in [0.05, 0.1) is 18.7 Å². The van der Waals surface area contributed by atoms with Crippen molar-refractivity contribution in [2.24, 2.45) is 0 Å². The molecule has 1 aliphatic heterocycles. The summed E-state index contributed by atoms with van der Waals surface area (Å²) in [5.41, 5.74) is -0.728. The Balaban J connectivity index is 1.74. The Bertz CT molecular complexity index is 878. The van der Waals surface area contributed by atoms with Crippen molar-refractivity contribution in [3.05, 3.63) is 46.8 Å². The third-order valence-electron chi connectivity index (χ3n) is 3.88. The van der Waals surface area contributed by atoms with E-state index in [1.807, 2.05) is 0 Å². The number of carbonyl (C=O) groups is 1. The summed E-state index contributed by atoms with van der Waals surface area (Å²) in [5, 5.41) is 28.2. The number of anilines is 1. The monoisotopic (exact) mass is 383 g/mol. The average molecular weight is 383 g/mol. The Kier molecular flexibility index (Phi) is 5.21. The van der Waals surface area contributed by atoms with Crippen LogP contribution < -0.4 is 11.0 Å². The van der Waals surface area contributed by atoms with Crippen molar-refractivity contribution < 1.29 is 28.5 Å². The van der Waals surface area contributed by atoms with Gasteiger partial charge in [-0.2, -0.15) is 24.0 Å². The number of carbonyl (C=O) groups excluding carboxylic acids is 1. The van der Waals surface area contributed by atoms with Crippen LogP contribution in [0.3, 0.4) is 0 Å². The lowest BCUT2D eigenvalue weighted by Gasteiger charge is -2.21. The van der Waals surface area contributed by atoms with Crippen LogP contribution in [0, 0.1) is 0 Å². The molecule has 0 saturated carbocycles. The number of hydrogen-bond acceptors (Lipinski definition) is 8. The van der Waals surface area contributed by atoms with Crippen molar-refractivity contribution in [1.29, 1.82) is 0 Å². The molecule has 0 spiro atoms. The first-order valence-electron chi connectivity index (χ1n) is 7.80. The van der Waals surface area contributed by atoms with E-state index in [4.69, 9.17) is 9.84 Å². The molecule has 27 heavy (non-hydrogen) atoms. The Morgan fingerprint density at radius 2 is 2.19 bits per heavy atom. The van der Waals surface area contributed by atoms with Crippen LogP contribution in [0.2, 0.25) is 0 Å². The Labute approximate surface area is 150 Å². The molecule has 0 unspecified atom stereocenters. The molecule has 3 heterocycles. The van der Waals surface area contributed by atoms with Crippen LogP contribution >= 0.6 is 0 Å². The molecule has 2 aromatic rings. The third-order valence-corrected chi connectivity index (χ3v) is 3.88. The summed E-state index contributed by atoms with van der Waals surface area (Å²) >= 11 is 0. The molecule has 144 valence electrons. The van der Waals surface area contributed by atoms with Gasteiger partial charge < -0.3 is 20.3 Å². The van der Waals surface area contributed by atoms with E-state index < -0.39 is 42.6 Å². The lowest BCUT2D eigenvalue weighted by molar-refractivity contribution is -0.141. The average Bonchev–Trinajstić information content (AvgIpc) is 2.86. The number of aliphatic hydroxyl groups excluding tert-OH is 2. The second-order valence-corrected chi connectivity index (χ2v) is 5.77. The van der Waals surface area contributed by atoms with Crippen LogP contribution in [0.25, 0.3) is 0 Å². The number of nitrogens with zero attached hydrogens (tertiary/aromatic N) is 4. The van der Waals surface area contributed by atoms with Gasteiger partial charge in [0, 0.05) is 12.4 Å². The summed E-state index contributed by atoms with van der Waals surface area (Å²) < 4.78 is 33.6. The van der Waals surface area contributed by atoms with Gasteiger partial charge in [0.15, 0.2) is 6.10 Å². The van der Waals surface area contributed by atoms with Crippen molar-refractivity contribution >= 4 is 11.7 Å². The van der Waals surface area contributed by atoms with Crippen LogP contribution in [0.5, 0.6) is 0 Å². The fourth-order valence-corrected chi connectivity index (χ4v) is 2.56. The van der Waals surface area contributed by atoms with Gasteiger partial charge in [0.25, 0.3) is 0 Å². The lowest BCUT2D eigenvalue weighted by Crippen LogP contribution is -2.41. The molecule has 12 heteroatoms. The van der Waals surface area contributed by atoms with Crippen LogP contribution in [-0.2, 0) is 16.0 Å². The van der Waals surface area contributed by atoms with E-state index in [0.717, 1.165) is 12.3 Å². The van der Waals surface area contributed by atoms with Crippen molar-refractivity contribution in [1.82, 2.24) is 19.7 Å². The standard InChI is InChI=1S/C15H15F2N5O5/c16-15(17)12(25)9(7-23)27-13(15)22-5-3-10(20-14(22)26)19-11(24)6-8-2-1-4-18-21-8/h1-5,9,12-13,23,25H,6-7H2,(H,19,20,24,26)/t9-,12-,13-/m1/s1. The Morgan fingerprint density at radius 3 is 2.78 bits per heavy atom. The zero-order valence-electron chi connectivity index (χ0n) is 13.7. The first-order valence-corrected chi connectivity index (χ1v) is 7.80. The molecule has 1 fully saturated rings. The molecule has 2 aromatic heterocycles. The lowest BCUT2D eigenvalue weighted by atomic mass is 10.1. The fourth-order valence-electron chi connectivity index (χ4n) is 2.56. The van der Waals surface area contributed by atoms with E-state index in [-0.39, 0.29) is 12.2 Å². The van der Waals surface area contributed by atoms with E-state index in [2.05, 4.69) is 20.5 Å². The molecule has 1 aliphatic rings. The number of aliphatic hydroxyl groups is 2. The van der Waals surface area contributed by atoms with Gasteiger partial charge in [-0.05, 0) is 18.2 Å². The number of aromatic nitrogens is 4. The number of amides is 1. The van der Waals surface area contributed by atoms with Crippen LogP contribution in [0.15, 0.2) is 35.4 Å². The quantitative estimate of drug-likeness (QED) is 0.604. The maximum absolute atomic E-state index is 14.1. The van der Waals surface area contributed by atoms with Gasteiger partial charge in [-0.1, -0.05) is 0 Å². The number of ether oxygens (including phenoxy) is 1. The third kappa shape index (κ3) is 3.82. The number of halogens is 2. The van der Waals surface area contributed by atoms with Crippen LogP contribution in [0.4, 0.5) is 14.6 Å². The first kappa shape index (κ1) is 18.9. The molecule has 1 amide bonds. The highest BCUT2D eigenvalue weighted by atomic mass is 19.3. The van der Waals surface area contributed by atoms with E-state index in [9.17, 15) is 23.5 Å². The van der Waals surface area contributed by atoms with Gasteiger partial charge in [-0.3, -0.25) is 9.36 Å². The van der Waals surface area contributed by atoms with Crippen molar-refractivity contribution in [3.63, 3.8) is 0 Å². The van der Waals surface area contributed by atoms with Gasteiger partial charge in [-0.25, -0.2) is 4.79 Å². The number of nitrogens with one attached hydrogen (secondary N) is 1. The first-order chi connectivity index (χ1) is 12.8. The summed E-state index contributed by atoms with van der Waals surface area (Å²) in [6.45, 7) is -0.841. The molecule has 3 N–H and O–H groups in total. The van der Waals surface area contributed by atoms with Crippen molar-refractivity contribution in [2.75, 3.05) is 11.9 Å². The topological polar surface area (TPSA) is 139 Å². The molecule has 0 bridgehead atoms. The summed E-state index contributed by atoms with van der Waals surface area (Å²) in [7, 11) is 0. The summed E-state index contributed by atoms with van der Waals surface area (Å²) in [6, 6.07) is 4.32. The van der Waals surface area contributed by atoms with Gasteiger partial charge in [-0.15, -0.1) is 0 Å². The molecule has 3 rings (SSSR count). The normalized spacial score (nSPS) is 23.9. The fraction of sp³-hybridized carbons (Fsp3) is 0.400. The number of rotatable bonds is 5. The minimum atomic E-state index is -3.81. The van der Waals surface area contributed by atoms with Crippen molar-refractivity contribution in [3.8, 4) is 0 Å². The molecule has 3 atom stereocenters. The van der Waals surface area contributed by atoms with E-state index in [1.165, 1.54) is 6.20 Å². The number of hydrogen-bond donors (Lipinski definition) is 3. The van der Waals surface area contributed by atoms with E-state index in [0.29, 0.717) is 10.3 Å². The molecular weight excluding hydrogens is 368 g/mol. The predicted molar refractivity (Wildman–Crippen MR) is 84.8 cm³/mol. The summed E-state index contributed by atoms with van der Waals surface area (Å²) in [5.74, 6) is -4.49. The maximum Gasteiger partial charge on any atom is 0.351 e. The molecule has 1 saturated heterocycles. The minimum absolute atomic E-state index is 0.118. The highest BCUT2D eigenvalue weighted by Crippen LogP contribution is 2.41. The highest BCUT2D eigenvalue weighted by Gasteiger charge is 2.59. The highest BCUT2D eigenvalue weighted by molar-refractivity contribution is 5.90. The molecule has 10 nitrogen and oxygen atoms in total. The van der Waals surface area contributed by atoms with Gasteiger partial charge in [0.1, 0.15) is 11.9 Å². The Morgan fingerprint density at radius 1 is 1.41 bits per heavy atom. The summed E-state index contributed by atoms with van der Waals surface area (Å²) in [6.07, 6.45) is -3.66.